The number of H-pyrrole nitrogens is 1. The molecule has 7 nitrogen and oxygen atoms in total. The SMILES string of the molecule is CCCCCn1c(SCC(C)=O)nc2c1c(=O)[nH]c(=O)n2C. The molecule has 0 spiro atoms. The van der Waals surface area contributed by atoms with Crippen LogP contribution in [-0.2, 0) is 18.4 Å². The molecule has 0 unspecified atom stereocenters. The second-order valence-electron chi connectivity index (χ2n) is 5.23. The Morgan fingerprint density at radius 1 is 1.32 bits per heavy atom. The lowest BCUT2D eigenvalue weighted by molar-refractivity contribution is -0.114. The van der Waals surface area contributed by atoms with Gasteiger partial charge in [0.05, 0.1) is 5.75 Å². The van der Waals surface area contributed by atoms with Crippen molar-refractivity contribution < 1.29 is 4.79 Å². The third-order valence-electron chi connectivity index (χ3n) is 3.36. The molecule has 0 aliphatic rings. The summed E-state index contributed by atoms with van der Waals surface area (Å²) in [5, 5.41) is 0.605. The summed E-state index contributed by atoms with van der Waals surface area (Å²) in [6.07, 6.45) is 3.02. The average molecular weight is 324 g/mol. The maximum atomic E-state index is 12.2. The van der Waals surface area contributed by atoms with Gasteiger partial charge in [0, 0.05) is 13.6 Å². The summed E-state index contributed by atoms with van der Waals surface area (Å²) in [6.45, 7) is 4.26. The summed E-state index contributed by atoms with van der Waals surface area (Å²) in [7, 11) is 1.57. The largest absolute Gasteiger partial charge is 0.329 e. The fourth-order valence-corrected chi connectivity index (χ4v) is 3.04. The molecule has 8 heteroatoms. The molecule has 0 fully saturated rings. The van der Waals surface area contributed by atoms with E-state index in [9.17, 15) is 14.4 Å². The van der Waals surface area contributed by atoms with Gasteiger partial charge in [-0.2, -0.15) is 0 Å². The highest BCUT2D eigenvalue weighted by Crippen LogP contribution is 2.22. The zero-order valence-electron chi connectivity index (χ0n) is 13.0. The zero-order chi connectivity index (χ0) is 16.3. The normalized spacial score (nSPS) is 11.2. The number of nitrogens with zero attached hydrogens (tertiary/aromatic N) is 3. The number of aromatic amines is 1. The van der Waals surface area contributed by atoms with Crippen molar-refractivity contribution in [3.63, 3.8) is 0 Å². The molecular weight excluding hydrogens is 304 g/mol. The number of imidazole rings is 1. The highest BCUT2D eigenvalue weighted by Gasteiger charge is 2.17. The van der Waals surface area contributed by atoms with Gasteiger partial charge in [-0.3, -0.25) is 19.1 Å². The zero-order valence-corrected chi connectivity index (χ0v) is 13.8. The average Bonchev–Trinajstić information content (AvgIpc) is 2.82. The number of hydrogen-bond donors (Lipinski definition) is 1. The van der Waals surface area contributed by atoms with Crippen LogP contribution < -0.4 is 11.2 Å². The molecule has 120 valence electrons. The first-order chi connectivity index (χ1) is 10.5. The topological polar surface area (TPSA) is 89.8 Å². The number of aromatic nitrogens is 4. The first-order valence-electron chi connectivity index (χ1n) is 7.27. The highest BCUT2D eigenvalue weighted by atomic mass is 32.2. The fourth-order valence-electron chi connectivity index (χ4n) is 2.22. The van der Waals surface area contributed by atoms with Crippen LogP contribution in [0.2, 0.25) is 0 Å². The van der Waals surface area contributed by atoms with Crippen molar-refractivity contribution in [1.29, 1.82) is 0 Å². The van der Waals surface area contributed by atoms with Crippen LogP contribution in [0.1, 0.15) is 33.1 Å². The van der Waals surface area contributed by atoms with E-state index in [4.69, 9.17) is 0 Å². The predicted molar refractivity (Wildman–Crippen MR) is 86.5 cm³/mol. The lowest BCUT2D eigenvalue weighted by Gasteiger charge is -2.07. The van der Waals surface area contributed by atoms with Gasteiger partial charge in [0.2, 0.25) is 0 Å². The number of fused-ring (bicyclic) bond motifs is 1. The van der Waals surface area contributed by atoms with Crippen LogP contribution in [0.15, 0.2) is 14.7 Å². The number of carbonyl (C=O) groups excluding carboxylic acids is 1. The standard InChI is InChI=1S/C14H20N4O3S/c1-4-5-6-7-18-10-11(15-14(18)22-8-9(2)19)17(3)13(21)16-12(10)20/h4-8H2,1-3H3,(H,16,20,21). The van der Waals surface area contributed by atoms with Gasteiger partial charge >= 0.3 is 5.69 Å². The Hall–Kier alpha value is -1.83. The van der Waals surface area contributed by atoms with Crippen molar-refractivity contribution in [2.24, 2.45) is 7.05 Å². The maximum Gasteiger partial charge on any atom is 0.329 e. The van der Waals surface area contributed by atoms with Gasteiger partial charge in [-0.25, -0.2) is 9.78 Å². The Bertz CT molecular complexity index is 803. The van der Waals surface area contributed by atoms with Crippen LogP contribution in [0.4, 0.5) is 0 Å². The second kappa shape index (κ2) is 6.95. The van der Waals surface area contributed by atoms with E-state index in [-0.39, 0.29) is 5.78 Å². The van der Waals surface area contributed by atoms with E-state index >= 15 is 0 Å². The lowest BCUT2D eigenvalue weighted by atomic mass is 10.2. The summed E-state index contributed by atoms with van der Waals surface area (Å²) < 4.78 is 3.14. The number of rotatable bonds is 7. The van der Waals surface area contributed by atoms with Gasteiger partial charge in [-0.15, -0.1) is 0 Å². The summed E-state index contributed by atoms with van der Waals surface area (Å²) in [5.41, 5.74) is -0.170. The maximum absolute atomic E-state index is 12.2. The number of hydrogen-bond acceptors (Lipinski definition) is 5. The molecule has 0 aromatic carbocycles. The Labute approximate surface area is 131 Å². The summed E-state index contributed by atoms with van der Waals surface area (Å²) in [4.78, 5) is 41.8. The van der Waals surface area contributed by atoms with E-state index < -0.39 is 11.2 Å². The van der Waals surface area contributed by atoms with Crippen LogP contribution in [0.5, 0.6) is 0 Å². The Morgan fingerprint density at radius 3 is 2.68 bits per heavy atom. The summed E-state index contributed by atoms with van der Waals surface area (Å²) in [6, 6.07) is 0. The third kappa shape index (κ3) is 3.32. The molecule has 0 saturated carbocycles. The van der Waals surface area contributed by atoms with E-state index in [0.29, 0.717) is 28.6 Å². The van der Waals surface area contributed by atoms with Crippen LogP contribution in [0, 0.1) is 0 Å². The lowest BCUT2D eigenvalue weighted by Crippen LogP contribution is -2.29. The molecule has 0 aliphatic heterocycles. The van der Waals surface area contributed by atoms with Crippen molar-refractivity contribution in [3.05, 3.63) is 20.8 Å². The van der Waals surface area contributed by atoms with Gasteiger partial charge in [-0.05, 0) is 13.3 Å². The van der Waals surface area contributed by atoms with Crippen LogP contribution in [0.25, 0.3) is 11.2 Å². The van der Waals surface area contributed by atoms with E-state index in [2.05, 4.69) is 16.9 Å². The number of aryl methyl sites for hydroxylation is 2. The van der Waals surface area contributed by atoms with Crippen molar-refractivity contribution in [2.75, 3.05) is 5.75 Å². The molecule has 0 aliphatic carbocycles. The summed E-state index contributed by atoms with van der Waals surface area (Å²) in [5.74, 6) is 0.336. The third-order valence-corrected chi connectivity index (χ3v) is 4.48. The second-order valence-corrected chi connectivity index (χ2v) is 6.18. The Morgan fingerprint density at radius 2 is 2.05 bits per heavy atom. The molecule has 0 radical (unpaired) electrons. The number of carbonyl (C=O) groups is 1. The predicted octanol–water partition coefficient (Wildman–Crippen LogP) is 1.29. The minimum Gasteiger partial charge on any atom is -0.313 e. The molecule has 2 aromatic heterocycles. The monoisotopic (exact) mass is 324 g/mol. The number of nitrogens with one attached hydrogen (secondary N) is 1. The molecular formula is C14H20N4O3S. The van der Waals surface area contributed by atoms with Gasteiger partial charge in [0.25, 0.3) is 5.56 Å². The van der Waals surface area contributed by atoms with E-state index in [1.807, 2.05) is 4.57 Å². The smallest absolute Gasteiger partial charge is 0.313 e. The van der Waals surface area contributed by atoms with Gasteiger partial charge in [-0.1, -0.05) is 31.5 Å². The number of ketones is 1. The first-order valence-corrected chi connectivity index (χ1v) is 8.26. The molecule has 2 heterocycles. The Kier molecular flexibility index (Phi) is 5.23. The molecule has 2 aromatic rings. The molecule has 1 N–H and O–H groups in total. The molecule has 0 bridgehead atoms. The van der Waals surface area contributed by atoms with Crippen LogP contribution >= 0.6 is 11.8 Å². The fraction of sp³-hybridized carbons (Fsp3) is 0.571. The number of Topliss-reactive ketones (excluding diaryl/α,β-unsaturated/α-hetero) is 1. The quantitative estimate of drug-likeness (QED) is 0.612. The minimum atomic E-state index is -0.487. The summed E-state index contributed by atoms with van der Waals surface area (Å²) >= 11 is 1.30. The molecule has 22 heavy (non-hydrogen) atoms. The van der Waals surface area contributed by atoms with Crippen LogP contribution in [-0.4, -0.2) is 30.6 Å². The molecule has 2 rings (SSSR count). The van der Waals surface area contributed by atoms with Gasteiger partial charge in [0.15, 0.2) is 16.3 Å². The molecule has 0 amide bonds. The highest BCUT2D eigenvalue weighted by molar-refractivity contribution is 7.99. The van der Waals surface area contributed by atoms with Gasteiger partial charge in [0.1, 0.15) is 5.78 Å². The van der Waals surface area contributed by atoms with Crippen LogP contribution in [0.3, 0.4) is 0 Å². The number of thioether (sulfide) groups is 1. The molecule has 0 saturated heterocycles. The number of unbranched alkanes of at least 4 members (excludes halogenated alkanes) is 2. The van der Waals surface area contributed by atoms with Crippen molar-refractivity contribution >= 4 is 28.7 Å². The van der Waals surface area contributed by atoms with Crippen molar-refractivity contribution in [3.8, 4) is 0 Å². The van der Waals surface area contributed by atoms with E-state index in [0.717, 1.165) is 19.3 Å². The minimum absolute atomic E-state index is 0.0416. The van der Waals surface area contributed by atoms with E-state index in [1.165, 1.54) is 23.3 Å². The van der Waals surface area contributed by atoms with Crippen molar-refractivity contribution in [1.82, 2.24) is 19.1 Å². The first kappa shape index (κ1) is 16.5. The Balaban J connectivity index is 2.56. The molecule has 0 atom stereocenters. The van der Waals surface area contributed by atoms with Gasteiger partial charge < -0.3 is 4.57 Å². The van der Waals surface area contributed by atoms with Crippen molar-refractivity contribution in [2.45, 2.75) is 44.8 Å². The van der Waals surface area contributed by atoms with E-state index in [1.54, 1.807) is 7.05 Å².